The number of hydrogen-bond donors (Lipinski definition) is 3. The van der Waals surface area contributed by atoms with Crippen LogP contribution in [0.3, 0.4) is 0 Å². The normalized spacial score (nSPS) is 20.5. The van der Waals surface area contributed by atoms with Crippen molar-refractivity contribution in [1.82, 2.24) is 5.32 Å². The van der Waals surface area contributed by atoms with Gasteiger partial charge < -0.3 is 15.5 Å². The second kappa shape index (κ2) is 6.72. The van der Waals surface area contributed by atoms with E-state index in [-0.39, 0.29) is 17.4 Å². The topological polar surface area (TPSA) is 52.5 Å². The minimum Gasteiger partial charge on any atom is -0.396 e. The van der Waals surface area contributed by atoms with Crippen molar-refractivity contribution in [2.75, 3.05) is 26.3 Å². The van der Waals surface area contributed by atoms with E-state index in [1.54, 1.807) is 0 Å². The molecule has 0 aromatic carbocycles. The van der Waals surface area contributed by atoms with Crippen molar-refractivity contribution in [3.63, 3.8) is 0 Å². The molecule has 0 unspecified atom stereocenters. The molecule has 1 rings (SSSR count). The fraction of sp³-hybridized carbons (Fsp3) is 1.00. The smallest absolute Gasteiger partial charge is 0.0499 e. The Bertz CT molecular complexity index is 210. The molecule has 0 amide bonds. The van der Waals surface area contributed by atoms with E-state index in [1.165, 1.54) is 19.3 Å². The van der Waals surface area contributed by atoms with Gasteiger partial charge in [-0.2, -0.15) is 0 Å². The van der Waals surface area contributed by atoms with Crippen LogP contribution >= 0.6 is 0 Å². The van der Waals surface area contributed by atoms with E-state index in [2.05, 4.69) is 19.2 Å². The summed E-state index contributed by atoms with van der Waals surface area (Å²) in [6.45, 7) is 6.72. The van der Waals surface area contributed by atoms with Crippen LogP contribution in [-0.4, -0.2) is 36.5 Å². The summed E-state index contributed by atoms with van der Waals surface area (Å²) in [7, 11) is 0. The lowest BCUT2D eigenvalue weighted by Gasteiger charge is -2.37. The monoisotopic (exact) mass is 243 g/mol. The van der Waals surface area contributed by atoms with Crippen LogP contribution in [-0.2, 0) is 0 Å². The van der Waals surface area contributed by atoms with Crippen LogP contribution in [0.5, 0.6) is 0 Å². The van der Waals surface area contributed by atoms with Crippen molar-refractivity contribution in [3.8, 4) is 0 Å². The van der Waals surface area contributed by atoms with Crippen LogP contribution in [0.4, 0.5) is 0 Å². The zero-order valence-electron chi connectivity index (χ0n) is 11.5. The predicted octanol–water partition coefficient (Wildman–Crippen LogP) is 1.93. The molecule has 1 fully saturated rings. The molecule has 0 radical (unpaired) electrons. The van der Waals surface area contributed by atoms with Crippen LogP contribution in [0.2, 0.25) is 0 Å². The summed E-state index contributed by atoms with van der Waals surface area (Å²) in [5.41, 5.74) is 0.258. The summed E-state index contributed by atoms with van der Waals surface area (Å²) < 4.78 is 0. The first-order chi connectivity index (χ1) is 8.04. The second-order valence-electron chi connectivity index (χ2n) is 6.46. The Kier molecular flexibility index (Phi) is 5.90. The lowest BCUT2D eigenvalue weighted by Crippen LogP contribution is -2.42. The largest absolute Gasteiger partial charge is 0.396 e. The lowest BCUT2D eigenvalue weighted by molar-refractivity contribution is 0.0774. The molecule has 3 heteroatoms. The van der Waals surface area contributed by atoms with Gasteiger partial charge in [-0.25, -0.2) is 0 Å². The SMILES string of the molecule is CC(C)(CCO)CNCC1(CO)CCCCC1. The molecule has 3 N–H and O–H groups in total. The van der Waals surface area contributed by atoms with E-state index in [0.29, 0.717) is 6.61 Å². The maximum atomic E-state index is 9.59. The number of aliphatic hydroxyl groups is 2. The molecule has 0 heterocycles. The Morgan fingerprint density at radius 2 is 1.76 bits per heavy atom. The Morgan fingerprint density at radius 3 is 2.29 bits per heavy atom. The van der Waals surface area contributed by atoms with Crippen molar-refractivity contribution in [2.45, 2.75) is 52.4 Å². The van der Waals surface area contributed by atoms with Gasteiger partial charge in [0.2, 0.25) is 0 Å². The van der Waals surface area contributed by atoms with Gasteiger partial charge in [0.25, 0.3) is 0 Å². The van der Waals surface area contributed by atoms with Gasteiger partial charge in [-0.1, -0.05) is 33.1 Å². The Morgan fingerprint density at radius 1 is 1.12 bits per heavy atom. The van der Waals surface area contributed by atoms with E-state index in [4.69, 9.17) is 5.11 Å². The minimum atomic E-state index is 0.119. The molecule has 1 aliphatic carbocycles. The first-order valence-corrected chi connectivity index (χ1v) is 6.96. The molecule has 0 aromatic heterocycles. The number of aliphatic hydroxyl groups excluding tert-OH is 2. The van der Waals surface area contributed by atoms with Crippen LogP contribution in [0.1, 0.15) is 52.4 Å². The molecule has 0 saturated heterocycles. The summed E-state index contributed by atoms with van der Waals surface area (Å²) in [5, 5.41) is 22.1. The maximum Gasteiger partial charge on any atom is 0.0499 e. The third kappa shape index (κ3) is 4.94. The number of rotatable bonds is 7. The first kappa shape index (κ1) is 14.9. The van der Waals surface area contributed by atoms with Gasteiger partial charge in [-0.15, -0.1) is 0 Å². The fourth-order valence-corrected chi connectivity index (χ4v) is 2.75. The summed E-state index contributed by atoms with van der Waals surface area (Å²) in [5.74, 6) is 0. The number of hydrogen-bond acceptors (Lipinski definition) is 3. The molecular weight excluding hydrogens is 214 g/mol. The molecule has 0 aromatic rings. The van der Waals surface area contributed by atoms with E-state index in [0.717, 1.165) is 32.4 Å². The Hall–Kier alpha value is -0.120. The molecule has 0 atom stereocenters. The molecule has 17 heavy (non-hydrogen) atoms. The minimum absolute atomic E-state index is 0.119. The quantitative estimate of drug-likeness (QED) is 0.640. The Labute approximate surface area is 106 Å². The summed E-state index contributed by atoms with van der Waals surface area (Å²) >= 11 is 0. The fourth-order valence-electron chi connectivity index (χ4n) is 2.75. The van der Waals surface area contributed by atoms with Gasteiger partial charge in [-0.05, 0) is 24.7 Å². The van der Waals surface area contributed by atoms with Crippen LogP contribution in [0.15, 0.2) is 0 Å². The van der Waals surface area contributed by atoms with Gasteiger partial charge in [-0.3, -0.25) is 0 Å². The van der Waals surface area contributed by atoms with Crippen molar-refractivity contribution in [3.05, 3.63) is 0 Å². The summed E-state index contributed by atoms with van der Waals surface area (Å²) in [6, 6.07) is 0. The highest BCUT2D eigenvalue weighted by Crippen LogP contribution is 2.35. The predicted molar refractivity (Wildman–Crippen MR) is 71.0 cm³/mol. The molecule has 0 spiro atoms. The molecule has 0 bridgehead atoms. The molecule has 0 aliphatic heterocycles. The van der Waals surface area contributed by atoms with Crippen molar-refractivity contribution < 1.29 is 10.2 Å². The summed E-state index contributed by atoms with van der Waals surface area (Å²) in [6.07, 6.45) is 6.95. The van der Waals surface area contributed by atoms with Crippen molar-refractivity contribution in [1.29, 1.82) is 0 Å². The van der Waals surface area contributed by atoms with E-state index < -0.39 is 0 Å². The van der Waals surface area contributed by atoms with Crippen LogP contribution in [0.25, 0.3) is 0 Å². The highest BCUT2D eigenvalue weighted by molar-refractivity contribution is 4.85. The third-order valence-corrected chi connectivity index (χ3v) is 4.14. The third-order valence-electron chi connectivity index (χ3n) is 4.14. The van der Waals surface area contributed by atoms with Gasteiger partial charge in [0.1, 0.15) is 0 Å². The highest BCUT2D eigenvalue weighted by atomic mass is 16.3. The molecular formula is C14H29NO2. The zero-order chi connectivity index (χ0) is 12.8. The van der Waals surface area contributed by atoms with Crippen LogP contribution < -0.4 is 5.32 Å². The molecule has 3 nitrogen and oxygen atoms in total. The van der Waals surface area contributed by atoms with Crippen molar-refractivity contribution in [2.24, 2.45) is 10.8 Å². The zero-order valence-corrected chi connectivity index (χ0v) is 11.5. The van der Waals surface area contributed by atoms with Crippen LogP contribution in [0, 0.1) is 10.8 Å². The van der Waals surface area contributed by atoms with Gasteiger partial charge in [0, 0.05) is 31.7 Å². The van der Waals surface area contributed by atoms with E-state index in [9.17, 15) is 5.11 Å². The average Bonchev–Trinajstić information content (AvgIpc) is 2.30. The number of nitrogens with one attached hydrogen (secondary N) is 1. The highest BCUT2D eigenvalue weighted by Gasteiger charge is 2.31. The van der Waals surface area contributed by atoms with Gasteiger partial charge in [0.05, 0.1) is 0 Å². The standard InChI is InChI=1S/C14H29NO2/c1-13(2,8-9-16)10-15-11-14(12-17)6-4-3-5-7-14/h15-17H,3-12H2,1-2H3. The average molecular weight is 243 g/mol. The Balaban J connectivity index is 2.32. The second-order valence-corrected chi connectivity index (χ2v) is 6.46. The van der Waals surface area contributed by atoms with E-state index >= 15 is 0 Å². The molecule has 102 valence electrons. The van der Waals surface area contributed by atoms with Gasteiger partial charge >= 0.3 is 0 Å². The maximum absolute atomic E-state index is 9.59. The molecule has 1 aliphatic rings. The summed E-state index contributed by atoms with van der Waals surface area (Å²) in [4.78, 5) is 0. The van der Waals surface area contributed by atoms with Crippen molar-refractivity contribution >= 4 is 0 Å². The van der Waals surface area contributed by atoms with Gasteiger partial charge in [0.15, 0.2) is 0 Å². The lowest BCUT2D eigenvalue weighted by atomic mass is 9.74. The molecule has 1 saturated carbocycles. The van der Waals surface area contributed by atoms with E-state index in [1.807, 2.05) is 0 Å². The first-order valence-electron chi connectivity index (χ1n) is 6.96.